The van der Waals surface area contributed by atoms with E-state index in [9.17, 15) is 8.42 Å². The molecule has 0 spiro atoms. The largest absolute Gasteiger partial charge is 0.316 e. The van der Waals surface area contributed by atoms with Gasteiger partial charge < -0.3 is 0 Å². The van der Waals surface area contributed by atoms with Crippen LogP contribution in [0.25, 0.3) is 0 Å². The van der Waals surface area contributed by atoms with Crippen molar-refractivity contribution < 1.29 is 12.6 Å². The molecule has 0 saturated carbocycles. The van der Waals surface area contributed by atoms with Gasteiger partial charge in [-0.05, 0) is 45.5 Å². The molecule has 3 aromatic rings. The zero-order valence-electron chi connectivity index (χ0n) is 13.2. The molecule has 24 heavy (non-hydrogen) atoms. The smallest absolute Gasteiger partial charge is 0.266 e. The Morgan fingerprint density at radius 1 is 0.583 bits per heavy atom. The van der Waals surface area contributed by atoms with Crippen LogP contribution in [0.1, 0.15) is 0 Å². The van der Waals surface area contributed by atoms with Gasteiger partial charge in [-0.25, -0.2) is 0 Å². The third kappa shape index (κ3) is 2.65. The van der Waals surface area contributed by atoms with E-state index in [0.717, 1.165) is 14.7 Å². The summed E-state index contributed by atoms with van der Waals surface area (Å²) >= 11 is 0. The zero-order chi connectivity index (χ0) is 17.0. The average Bonchev–Trinajstić information content (AvgIpc) is 2.65. The minimum Gasteiger partial charge on any atom is -0.266 e. The number of hydrogen-bond donors (Lipinski definition) is 0. The first-order valence-corrected chi connectivity index (χ1v) is 11.0. The summed E-state index contributed by atoms with van der Waals surface area (Å²) < 4.78 is 31.6. The standard InChI is InChI=1S/C19H18O3S2/c1-22-24(20,21)23(17-11-5-2-6-12-17,18-13-7-3-8-14-18)19-15-9-4-10-16-19/h2-16H,1H3. The molecule has 0 aliphatic rings. The monoisotopic (exact) mass is 358 g/mol. The van der Waals surface area contributed by atoms with Crippen LogP contribution in [0.5, 0.6) is 0 Å². The summed E-state index contributed by atoms with van der Waals surface area (Å²) in [5, 5.41) is 0. The minimum atomic E-state index is -3.90. The number of rotatable bonds is 5. The lowest BCUT2D eigenvalue weighted by Crippen LogP contribution is -2.16. The van der Waals surface area contributed by atoms with Crippen LogP contribution in [-0.2, 0) is 13.3 Å². The number of benzene rings is 3. The summed E-state index contributed by atoms with van der Waals surface area (Å²) in [6.07, 6.45) is 0. The van der Waals surface area contributed by atoms with Crippen molar-refractivity contribution in [3.8, 4) is 0 Å². The van der Waals surface area contributed by atoms with Gasteiger partial charge in [0.1, 0.15) is 0 Å². The molecule has 0 aromatic heterocycles. The summed E-state index contributed by atoms with van der Waals surface area (Å²) in [5.74, 6) is 0. The normalized spacial score (nSPS) is 12.7. The molecule has 0 fully saturated rings. The Balaban J connectivity index is 2.47. The molecular weight excluding hydrogens is 340 g/mol. The summed E-state index contributed by atoms with van der Waals surface area (Å²) in [6, 6.07) is 27.9. The van der Waals surface area contributed by atoms with Crippen LogP contribution in [0, 0.1) is 0 Å². The molecule has 124 valence electrons. The lowest BCUT2D eigenvalue weighted by Gasteiger charge is -2.38. The molecule has 0 bridgehead atoms. The molecule has 3 nitrogen and oxygen atoms in total. The van der Waals surface area contributed by atoms with E-state index < -0.39 is 18.2 Å². The van der Waals surface area contributed by atoms with E-state index in [2.05, 4.69) is 0 Å². The molecule has 3 rings (SSSR count). The molecule has 0 amide bonds. The van der Waals surface area contributed by atoms with Crippen molar-refractivity contribution in [2.75, 3.05) is 7.11 Å². The molecule has 0 unspecified atom stereocenters. The first-order valence-electron chi connectivity index (χ1n) is 7.42. The average molecular weight is 358 g/mol. The van der Waals surface area contributed by atoms with Gasteiger partial charge in [-0.2, -0.15) is 8.42 Å². The van der Waals surface area contributed by atoms with E-state index >= 15 is 0 Å². The Hall–Kier alpha value is -2.08. The van der Waals surface area contributed by atoms with Crippen LogP contribution >= 0.6 is 9.06 Å². The van der Waals surface area contributed by atoms with Gasteiger partial charge in [0.05, 0.1) is 7.11 Å². The van der Waals surface area contributed by atoms with Gasteiger partial charge in [-0.15, -0.1) is 0 Å². The van der Waals surface area contributed by atoms with Crippen LogP contribution in [0.4, 0.5) is 0 Å². The fourth-order valence-electron chi connectivity index (χ4n) is 2.70. The topological polar surface area (TPSA) is 43.4 Å². The van der Waals surface area contributed by atoms with E-state index in [1.165, 1.54) is 7.11 Å². The van der Waals surface area contributed by atoms with Crippen molar-refractivity contribution in [2.45, 2.75) is 14.7 Å². The molecule has 0 aliphatic heterocycles. The summed E-state index contributed by atoms with van der Waals surface area (Å²) in [5.41, 5.74) is 0. The van der Waals surface area contributed by atoms with Gasteiger partial charge in [-0.3, -0.25) is 4.18 Å². The second-order valence-corrected chi connectivity index (χ2v) is 11.5. The molecule has 0 atom stereocenters. The maximum absolute atomic E-state index is 13.2. The predicted octanol–water partition coefficient (Wildman–Crippen LogP) is 4.86. The second kappa shape index (κ2) is 6.81. The van der Waals surface area contributed by atoms with Crippen molar-refractivity contribution in [2.24, 2.45) is 0 Å². The van der Waals surface area contributed by atoms with Gasteiger partial charge in [0.15, 0.2) is 0 Å². The maximum Gasteiger partial charge on any atom is 0.316 e. The quantitative estimate of drug-likeness (QED) is 0.612. The van der Waals surface area contributed by atoms with Crippen molar-refractivity contribution in [3.63, 3.8) is 0 Å². The number of hydrogen-bond acceptors (Lipinski definition) is 3. The van der Waals surface area contributed by atoms with E-state index in [0.29, 0.717) is 0 Å². The molecule has 3 aromatic carbocycles. The molecule has 0 N–H and O–H groups in total. The summed E-state index contributed by atoms with van der Waals surface area (Å²) in [7, 11) is -5.28. The molecule has 0 heterocycles. The highest BCUT2D eigenvalue weighted by molar-refractivity contribution is 8.89. The first-order chi connectivity index (χ1) is 11.6. The highest BCUT2D eigenvalue weighted by Crippen LogP contribution is 2.72. The van der Waals surface area contributed by atoms with Crippen molar-refractivity contribution >= 4 is 18.2 Å². The third-order valence-electron chi connectivity index (χ3n) is 3.74. The van der Waals surface area contributed by atoms with Gasteiger partial charge in [-0.1, -0.05) is 54.6 Å². The van der Waals surface area contributed by atoms with Crippen molar-refractivity contribution in [3.05, 3.63) is 91.0 Å². The van der Waals surface area contributed by atoms with E-state index in [1.807, 2.05) is 91.0 Å². The zero-order valence-corrected chi connectivity index (χ0v) is 14.8. The summed E-state index contributed by atoms with van der Waals surface area (Å²) in [6.45, 7) is 0. The minimum absolute atomic E-state index is 0.726. The maximum atomic E-state index is 13.2. The van der Waals surface area contributed by atoms with Gasteiger partial charge in [0, 0.05) is 14.7 Å². The lowest BCUT2D eigenvalue weighted by atomic mass is 10.4. The SMILES string of the molecule is COS(=O)(=O)S(c1ccccc1)(c1ccccc1)c1ccccc1. The Morgan fingerprint density at radius 3 is 1.12 bits per heavy atom. The Kier molecular flexibility index (Phi) is 4.76. The van der Waals surface area contributed by atoms with Crippen LogP contribution in [0.2, 0.25) is 0 Å². The Labute approximate surface area is 143 Å². The molecule has 5 heteroatoms. The Morgan fingerprint density at radius 2 is 0.875 bits per heavy atom. The molecule has 0 radical (unpaired) electrons. The molecule has 0 aliphatic carbocycles. The molecular formula is C19H18O3S2. The van der Waals surface area contributed by atoms with Gasteiger partial charge in [0.25, 0.3) is 0 Å². The Bertz CT molecular complexity index is 796. The van der Waals surface area contributed by atoms with Crippen LogP contribution in [0.15, 0.2) is 106 Å². The van der Waals surface area contributed by atoms with Gasteiger partial charge >= 0.3 is 9.15 Å². The van der Waals surface area contributed by atoms with Crippen molar-refractivity contribution in [1.82, 2.24) is 0 Å². The predicted molar refractivity (Wildman–Crippen MR) is 97.6 cm³/mol. The van der Waals surface area contributed by atoms with E-state index in [1.54, 1.807) is 0 Å². The highest BCUT2D eigenvalue weighted by Gasteiger charge is 2.43. The highest BCUT2D eigenvalue weighted by atomic mass is 33.2. The van der Waals surface area contributed by atoms with Crippen LogP contribution < -0.4 is 0 Å². The van der Waals surface area contributed by atoms with Gasteiger partial charge in [0.2, 0.25) is 0 Å². The fraction of sp³-hybridized carbons (Fsp3) is 0.0526. The third-order valence-corrected chi connectivity index (χ3v) is 11.5. The van der Waals surface area contributed by atoms with Crippen molar-refractivity contribution in [1.29, 1.82) is 0 Å². The fourth-order valence-corrected chi connectivity index (χ4v) is 9.78. The molecule has 0 saturated heterocycles. The van der Waals surface area contributed by atoms with Crippen LogP contribution in [0.3, 0.4) is 0 Å². The summed E-state index contributed by atoms with van der Waals surface area (Å²) in [4.78, 5) is 2.18. The first kappa shape index (κ1) is 16.8. The van der Waals surface area contributed by atoms with E-state index in [-0.39, 0.29) is 0 Å². The van der Waals surface area contributed by atoms with Crippen LogP contribution in [-0.4, -0.2) is 15.5 Å². The van der Waals surface area contributed by atoms with E-state index in [4.69, 9.17) is 4.18 Å². The second-order valence-electron chi connectivity index (χ2n) is 5.07. The lowest BCUT2D eigenvalue weighted by molar-refractivity contribution is 0.412.